The van der Waals surface area contributed by atoms with E-state index < -0.39 is 0 Å². The summed E-state index contributed by atoms with van der Waals surface area (Å²) in [6.45, 7) is 2.25. The fourth-order valence-corrected chi connectivity index (χ4v) is 3.55. The molecule has 2 aromatic carbocycles. The van der Waals surface area contributed by atoms with Gasteiger partial charge < -0.3 is 15.5 Å². The topological polar surface area (TPSA) is 57.3 Å². The van der Waals surface area contributed by atoms with Gasteiger partial charge in [-0.25, -0.2) is 4.98 Å². The molecule has 3 aromatic rings. The van der Waals surface area contributed by atoms with E-state index in [2.05, 4.69) is 15.5 Å². The normalized spacial score (nSPS) is 13.7. The minimum atomic E-state index is -0.156. The Bertz CT molecular complexity index is 955. The molecule has 0 unspecified atom stereocenters. The number of para-hydroxylation sites is 1. The number of rotatable bonds is 5. The monoisotopic (exact) mass is 380 g/mol. The molecule has 1 saturated heterocycles. The van der Waals surface area contributed by atoms with Gasteiger partial charge in [0.1, 0.15) is 5.82 Å². The van der Waals surface area contributed by atoms with Gasteiger partial charge >= 0.3 is 0 Å². The summed E-state index contributed by atoms with van der Waals surface area (Å²) >= 11 is 6.36. The Hall–Kier alpha value is -2.79. The number of pyridine rings is 1. The number of carbonyl (C=O) groups is 1. The van der Waals surface area contributed by atoms with Crippen LogP contribution in [0.2, 0.25) is 5.02 Å². The third-order valence-electron chi connectivity index (χ3n) is 4.73. The maximum absolute atomic E-state index is 12.4. The van der Waals surface area contributed by atoms with Gasteiger partial charge in [0, 0.05) is 24.2 Å². The van der Waals surface area contributed by atoms with Crippen molar-refractivity contribution in [3.8, 4) is 0 Å². The molecule has 1 amide bonds. The Labute approximate surface area is 163 Å². The van der Waals surface area contributed by atoms with Crippen LogP contribution in [0, 0.1) is 0 Å². The quantitative estimate of drug-likeness (QED) is 0.682. The zero-order valence-electron chi connectivity index (χ0n) is 14.9. The molecule has 0 saturated carbocycles. The summed E-state index contributed by atoms with van der Waals surface area (Å²) in [5, 5.41) is 7.38. The van der Waals surface area contributed by atoms with Crippen LogP contribution in [-0.4, -0.2) is 30.5 Å². The van der Waals surface area contributed by atoms with Gasteiger partial charge in [0.25, 0.3) is 0 Å². The smallest absolute Gasteiger partial charge is 0.243 e. The number of aromatic nitrogens is 1. The molecule has 2 heterocycles. The van der Waals surface area contributed by atoms with Crippen LogP contribution in [0.3, 0.4) is 0 Å². The van der Waals surface area contributed by atoms with Crippen molar-refractivity contribution < 1.29 is 4.79 Å². The van der Waals surface area contributed by atoms with E-state index >= 15 is 0 Å². The third kappa shape index (κ3) is 3.98. The minimum Gasteiger partial charge on any atom is -0.376 e. The first kappa shape index (κ1) is 17.6. The summed E-state index contributed by atoms with van der Waals surface area (Å²) in [6.07, 6.45) is 2.41. The average Bonchev–Trinajstić information content (AvgIpc) is 3.24. The zero-order chi connectivity index (χ0) is 18.6. The van der Waals surface area contributed by atoms with Crippen molar-refractivity contribution in [3.05, 3.63) is 59.6 Å². The summed E-state index contributed by atoms with van der Waals surface area (Å²) in [4.78, 5) is 19.4. The molecule has 27 heavy (non-hydrogen) atoms. The van der Waals surface area contributed by atoms with Crippen LogP contribution in [-0.2, 0) is 4.79 Å². The highest BCUT2D eigenvalue weighted by atomic mass is 35.5. The summed E-state index contributed by atoms with van der Waals surface area (Å²) in [5.74, 6) is 0.821. The molecular weight excluding hydrogens is 360 g/mol. The third-order valence-corrected chi connectivity index (χ3v) is 5.04. The number of carbonyl (C=O) groups excluding carboxylic acids is 1. The Balaban J connectivity index is 1.53. The number of nitrogens with one attached hydrogen (secondary N) is 2. The zero-order valence-corrected chi connectivity index (χ0v) is 15.7. The van der Waals surface area contributed by atoms with Gasteiger partial charge in [0.05, 0.1) is 22.8 Å². The van der Waals surface area contributed by atoms with Crippen LogP contribution in [0.1, 0.15) is 12.8 Å². The molecular formula is C21H21ClN4O. The predicted octanol–water partition coefficient (Wildman–Crippen LogP) is 4.54. The SMILES string of the molecule is O=C(CNc1ccccc1)Nc1c(Cl)ccc2nc(N3CCCC3)ccc12. The molecule has 0 radical (unpaired) electrons. The number of hydrogen-bond acceptors (Lipinski definition) is 4. The van der Waals surface area contributed by atoms with Gasteiger partial charge in [-0.1, -0.05) is 29.8 Å². The first-order chi connectivity index (χ1) is 13.2. The van der Waals surface area contributed by atoms with Crippen molar-refractivity contribution >= 4 is 45.6 Å². The van der Waals surface area contributed by atoms with E-state index in [1.54, 1.807) is 6.07 Å². The second-order valence-electron chi connectivity index (χ2n) is 6.62. The molecule has 6 heteroatoms. The maximum Gasteiger partial charge on any atom is 0.243 e. The van der Waals surface area contributed by atoms with Gasteiger partial charge in [0.2, 0.25) is 5.91 Å². The summed E-state index contributed by atoms with van der Waals surface area (Å²) in [7, 11) is 0. The number of amides is 1. The van der Waals surface area contributed by atoms with Crippen molar-refractivity contribution in [2.24, 2.45) is 0 Å². The molecule has 0 aliphatic carbocycles. The maximum atomic E-state index is 12.4. The fourth-order valence-electron chi connectivity index (χ4n) is 3.34. The van der Waals surface area contributed by atoms with Crippen molar-refractivity contribution in [1.82, 2.24) is 4.98 Å². The Kier molecular flexibility index (Phi) is 5.12. The van der Waals surface area contributed by atoms with E-state index in [1.165, 1.54) is 12.8 Å². The average molecular weight is 381 g/mol. The van der Waals surface area contributed by atoms with Crippen LogP contribution >= 0.6 is 11.6 Å². The number of nitrogens with zero attached hydrogens (tertiary/aromatic N) is 2. The highest BCUT2D eigenvalue weighted by molar-refractivity contribution is 6.35. The molecule has 0 bridgehead atoms. The lowest BCUT2D eigenvalue weighted by molar-refractivity contribution is -0.114. The first-order valence-electron chi connectivity index (χ1n) is 9.14. The number of hydrogen-bond donors (Lipinski definition) is 2. The van der Waals surface area contributed by atoms with Crippen molar-refractivity contribution in [1.29, 1.82) is 0 Å². The van der Waals surface area contributed by atoms with Crippen LogP contribution in [0.15, 0.2) is 54.6 Å². The second kappa shape index (κ2) is 7.84. The lowest BCUT2D eigenvalue weighted by Gasteiger charge is -2.18. The summed E-state index contributed by atoms with van der Waals surface area (Å²) < 4.78 is 0. The fraction of sp³-hybridized carbons (Fsp3) is 0.238. The molecule has 138 valence electrons. The first-order valence-corrected chi connectivity index (χ1v) is 9.51. The molecule has 0 atom stereocenters. The van der Waals surface area contributed by atoms with Gasteiger partial charge in [-0.05, 0) is 49.2 Å². The Morgan fingerprint density at radius 3 is 2.59 bits per heavy atom. The van der Waals surface area contributed by atoms with Crippen molar-refractivity contribution in [2.75, 3.05) is 35.2 Å². The van der Waals surface area contributed by atoms with E-state index in [4.69, 9.17) is 16.6 Å². The number of fused-ring (bicyclic) bond motifs is 1. The van der Waals surface area contributed by atoms with E-state index in [-0.39, 0.29) is 12.5 Å². The second-order valence-corrected chi connectivity index (χ2v) is 7.03. The number of anilines is 3. The largest absolute Gasteiger partial charge is 0.376 e. The highest BCUT2D eigenvalue weighted by Crippen LogP contribution is 2.32. The number of benzene rings is 2. The lowest BCUT2D eigenvalue weighted by Crippen LogP contribution is -2.22. The predicted molar refractivity (Wildman–Crippen MR) is 112 cm³/mol. The van der Waals surface area contributed by atoms with Gasteiger partial charge in [-0.2, -0.15) is 0 Å². The van der Waals surface area contributed by atoms with E-state index in [0.717, 1.165) is 35.5 Å². The van der Waals surface area contributed by atoms with Gasteiger partial charge in [-0.3, -0.25) is 4.79 Å². The van der Waals surface area contributed by atoms with Crippen LogP contribution < -0.4 is 15.5 Å². The summed E-state index contributed by atoms with van der Waals surface area (Å²) in [6, 6.07) is 17.3. The molecule has 5 nitrogen and oxygen atoms in total. The lowest BCUT2D eigenvalue weighted by atomic mass is 10.1. The van der Waals surface area contributed by atoms with E-state index in [9.17, 15) is 4.79 Å². The molecule has 2 N–H and O–H groups in total. The van der Waals surface area contributed by atoms with Crippen molar-refractivity contribution in [2.45, 2.75) is 12.8 Å². The van der Waals surface area contributed by atoms with Gasteiger partial charge in [0.15, 0.2) is 0 Å². The summed E-state index contributed by atoms with van der Waals surface area (Å²) in [5.41, 5.74) is 2.33. The molecule has 1 aliphatic rings. The molecule has 1 fully saturated rings. The van der Waals surface area contributed by atoms with Crippen LogP contribution in [0.25, 0.3) is 10.9 Å². The van der Waals surface area contributed by atoms with Crippen LogP contribution in [0.5, 0.6) is 0 Å². The molecule has 0 spiro atoms. The molecule has 4 rings (SSSR count). The molecule has 1 aromatic heterocycles. The number of halogens is 1. The Morgan fingerprint density at radius 2 is 1.81 bits per heavy atom. The Morgan fingerprint density at radius 1 is 1.04 bits per heavy atom. The van der Waals surface area contributed by atoms with E-state index in [1.807, 2.05) is 48.5 Å². The van der Waals surface area contributed by atoms with E-state index in [0.29, 0.717) is 10.7 Å². The standard InChI is InChI=1S/C21H21ClN4O/c22-17-9-10-18-16(8-11-19(24-18)26-12-4-5-13-26)21(17)25-20(27)14-23-15-6-2-1-3-7-15/h1-3,6-11,23H,4-5,12-14H2,(H,25,27). The van der Waals surface area contributed by atoms with Crippen molar-refractivity contribution in [3.63, 3.8) is 0 Å². The van der Waals surface area contributed by atoms with Gasteiger partial charge in [-0.15, -0.1) is 0 Å². The minimum absolute atomic E-state index is 0.156. The highest BCUT2D eigenvalue weighted by Gasteiger charge is 2.16. The molecule has 1 aliphatic heterocycles. The van der Waals surface area contributed by atoms with Crippen LogP contribution in [0.4, 0.5) is 17.2 Å².